The van der Waals surface area contributed by atoms with E-state index in [4.69, 9.17) is 0 Å². The lowest BCUT2D eigenvalue weighted by atomic mass is 10.0. The summed E-state index contributed by atoms with van der Waals surface area (Å²) in [5.74, 6) is -2.55. The predicted octanol–water partition coefficient (Wildman–Crippen LogP) is 4.42. The highest BCUT2D eigenvalue weighted by molar-refractivity contribution is 9.11. The van der Waals surface area contributed by atoms with Gasteiger partial charge in [0.1, 0.15) is 17.3 Å². The van der Waals surface area contributed by atoms with E-state index in [2.05, 4.69) is 36.8 Å². The Labute approximate surface area is 125 Å². The van der Waals surface area contributed by atoms with Gasteiger partial charge in [-0.25, -0.2) is 8.78 Å². The van der Waals surface area contributed by atoms with Crippen LogP contribution in [0.15, 0.2) is 33.3 Å². The first-order valence-electron chi connectivity index (χ1n) is 5.22. The molecule has 2 nitrogen and oxygen atoms in total. The van der Waals surface area contributed by atoms with Crippen LogP contribution in [0.1, 0.15) is 21.6 Å². The van der Waals surface area contributed by atoms with E-state index in [0.29, 0.717) is 8.95 Å². The van der Waals surface area contributed by atoms with E-state index in [1.807, 2.05) is 0 Å². The van der Waals surface area contributed by atoms with Crippen molar-refractivity contribution < 1.29 is 13.6 Å². The maximum absolute atomic E-state index is 13.9. The fourth-order valence-electron chi connectivity index (χ4n) is 1.56. The molecule has 0 unspecified atom stereocenters. The molecule has 0 amide bonds. The Bertz CT molecular complexity index is 674. The first-order chi connectivity index (χ1) is 8.91. The number of hydrogen-bond acceptors (Lipinski definition) is 2. The van der Waals surface area contributed by atoms with Gasteiger partial charge in [-0.05, 0) is 56.5 Å². The van der Waals surface area contributed by atoms with Crippen LogP contribution in [0.25, 0.3) is 0 Å². The molecule has 98 valence electrons. The van der Waals surface area contributed by atoms with Gasteiger partial charge in [0.05, 0.1) is 5.56 Å². The summed E-state index contributed by atoms with van der Waals surface area (Å²) >= 11 is 6.34. The molecule has 0 aliphatic rings. The first kappa shape index (κ1) is 14.3. The SMILES string of the molecule is Cc1ccc(F)c(C(=O)c2ncc(Br)cc2Br)c1F. The number of carbonyl (C=O) groups is 1. The first-order valence-corrected chi connectivity index (χ1v) is 6.80. The summed E-state index contributed by atoms with van der Waals surface area (Å²) in [6.45, 7) is 1.47. The van der Waals surface area contributed by atoms with Crippen LogP contribution in [0.3, 0.4) is 0 Å². The Morgan fingerprint density at radius 2 is 1.95 bits per heavy atom. The fourth-order valence-corrected chi connectivity index (χ4v) is 2.73. The summed E-state index contributed by atoms with van der Waals surface area (Å²) in [5.41, 5.74) is -0.417. The topological polar surface area (TPSA) is 30.0 Å². The fraction of sp³-hybridized carbons (Fsp3) is 0.0769. The molecule has 1 aromatic carbocycles. The van der Waals surface area contributed by atoms with Gasteiger partial charge in [0, 0.05) is 15.1 Å². The monoisotopic (exact) mass is 389 g/mol. The number of nitrogens with zero attached hydrogens (tertiary/aromatic N) is 1. The Morgan fingerprint density at radius 3 is 2.58 bits per heavy atom. The zero-order chi connectivity index (χ0) is 14.2. The number of rotatable bonds is 2. The van der Waals surface area contributed by atoms with Gasteiger partial charge in [-0.2, -0.15) is 0 Å². The normalized spacial score (nSPS) is 10.6. The molecule has 2 aromatic rings. The van der Waals surface area contributed by atoms with Crippen molar-refractivity contribution in [3.05, 3.63) is 61.8 Å². The highest BCUT2D eigenvalue weighted by atomic mass is 79.9. The molecule has 0 aliphatic heterocycles. The third-order valence-corrected chi connectivity index (χ3v) is 3.57. The summed E-state index contributed by atoms with van der Waals surface area (Å²) in [7, 11) is 0. The molecule has 1 heterocycles. The lowest BCUT2D eigenvalue weighted by Gasteiger charge is -2.07. The Kier molecular flexibility index (Phi) is 4.10. The molecule has 0 N–H and O–H groups in total. The number of ketones is 1. The number of hydrogen-bond donors (Lipinski definition) is 0. The minimum absolute atomic E-state index is 0.0356. The van der Waals surface area contributed by atoms with Crippen molar-refractivity contribution in [3.63, 3.8) is 0 Å². The minimum Gasteiger partial charge on any atom is -0.287 e. The van der Waals surface area contributed by atoms with Gasteiger partial charge in [-0.3, -0.25) is 9.78 Å². The Balaban J connectivity index is 2.59. The van der Waals surface area contributed by atoms with Gasteiger partial charge in [-0.1, -0.05) is 6.07 Å². The molecule has 0 radical (unpaired) electrons. The summed E-state index contributed by atoms with van der Waals surface area (Å²) in [5, 5.41) is 0. The quantitative estimate of drug-likeness (QED) is 0.710. The zero-order valence-electron chi connectivity index (χ0n) is 9.68. The van der Waals surface area contributed by atoms with E-state index in [-0.39, 0.29) is 11.3 Å². The second kappa shape index (κ2) is 5.46. The van der Waals surface area contributed by atoms with E-state index in [0.717, 1.165) is 6.07 Å². The van der Waals surface area contributed by atoms with Gasteiger partial charge in [0.25, 0.3) is 0 Å². The molecule has 1 aromatic heterocycles. The van der Waals surface area contributed by atoms with Crippen molar-refractivity contribution in [2.24, 2.45) is 0 Å². The molecule has 2 rings (SSSR count). The van der Waals surface area contributed by atoms with Crippen LogP contribution in [0, 0.1) is 18.6 Å². The predicted molar refractivity (Wildman–Crippen MR) is 74.2 cm³/mol. The molecular weight excluding hydrogens is 384 g/mol. The van der Waals surface area contributed by atoms with Crippen LogP contribution in [-0.4, -0.2) is 10.8 Å². The van der Waals surface area contributed by atoms with E-state index < -0.39 is 23.0 Å². The number of benzene rings is 1. The maximum atomic E-state index is 13.9. The summed E-state index contributed by atoms with van der Waals surface area (Å²) < 4.78 is 28.6. The van der Waals surface area contributed by atoms with Crippen molar-refractivity contribution >= 4 is 37.6 Å². The molecule has 0 bridgehead atoms. The Morgan fingerprint density at radius 1 is 1.26 bits per heavy atom. The number of halogens is 4. The van der Waals surface area contributed by atoms with Gasteiger partial charge < -0.3 is 0 Å². The van der Waals surface area contributed by atoms with E-state index in [9.17, 15) is 13.6 Å². The second-order valence-corrected chi connectivity index (χ2v) is 5.64. The van der Waals surface area contributed by atoms with Crippen molar-refractivity contribution in [3.8, 4) is 0 Å². The molecule has 0 aliphatic carbocycles. The highest BCUT2D eigenvalue weighted by Gasteiger charge is 2.23. The van der Waals surface area contributed by atoms with E-state index in [1.165, 1.54) is 19.2 Å². The molecular formula is C13H7Br2F2NO. The van der Waals surface area contributed by atoms with E-state index >= 15 is 0 Å². The average molecular weight is 391 g/mol. The summed E-state index contributed by atoms with van der Waals surface area (Å²) in [6, 6.07) is 3.94. The summed E-state index contributed by atoms with van der Waals surface area (Å²) in [6.07, 6.45) is 1.39. The van der Waals surface area contributed by atoms with Crippen molar-refractivity contribution in [2.45, 2.75) is 6.92 Å². The third kappa shape index (κ3) is 2.74. The van der Waals surface area contributed by atoms with Gasteiger partial charge >= 0.3 is 0 Å². The van der Waals surface area contributed by atoms with Gasteiger partial charge in [0.15, 0.2) is 0 Å². The molecule has 0 saturated carbocycles. The lowest BCUT2D eigenvalue weighted by molar-refractivity contribution is 0.102. The standard InChI is InChI=1S/C13H7Br2F2NO/c1-6-2-3-9(16)10(11(6)17)13(19)12-8(15)4-7(14)5-18-12/h2-5H,1H3. The number of aromatic nitrogens is 1. The number of carbonyl (C=O) groups excluding carboxylic acids is 1. The smallest absolute Gasteiger partial charge is 0.218 e. The maximum Gasteiger partial charge on any atom is 0.218 e. The molecule has 6 heteroatoms. The van der Waals surface area contributed by atoms with Crippen molar-refractivity contribution in [1.82, 2.24) is 4.98 Å². The van der Waals surface area contributed by atoms with Gasteiger partial charge in [-0.15, -0.1) is 0 Å². The highest BCUT2D eigenvalue weighted by Crippen LogP contribution is 2.25. The Hall–Kier alpha value is -1.14. The van der Waals surface area contributed by atoms with Crippen LogP contribution >= 0.6 is 31.9 Å². The average Bonchev–Trinajstić information content (AvgIpc) is 2.34. The summed E-state index contributed by atoms with van der Waals surface area (Å²) in [4.78, 5) is 16.1. The molecule has 0 saturated heterocycles. The largest absolute Gasteiger partial charge is 0.287 e. The lowest BCUT2D eigenvalue weighted by Crippen LogP contribution is -2.11. The van der Waals surface area contributed by atoms with Gasteiger partial charge in [0.2, 0.25) is 5.78 Å². The number of aryl methyl sites for hydroxylation is 1. The van der Waals surface area contributed by atoms with Crippen LogP contribution in [0.2, 0.25) is 0 Å². The van der Waals surface area contributed by atoms with Crippen LogP contribution in [-0.2, 0) is 0 Å². The van der Waals surface area contributed by atoms with Crippen LogP contribution < -0.4 is 0 Å². The molecule has 0 spiro atoms. The molecule has 0 atom stereocenters. The van der Waals surface area contributed by atoms with Crippen LogP contribution in [0.5, 0.6) is 0 Å². The molecule has 19 heavy (non-hydrogen) atoms. The van der Waals surface area contributed by atoms with E-state index in [1.54, 1.807) is 6.07 Å². The number of pyridine rings is 1. The van der Waals surface area contributed by atoms with Crippen molar-refractivity contribution in [1.29, 1.82) is 0 Å². The van der Waals surface area contributed by atoms with Crippen LogP contribution in [0.4, 0.5) is 8.78 Å². The molecule has 0 fully saturated rings. The third-order valence-electron chi connectivity index (χ3n) is 2.53. The minimum atomic E-state index is -0.898. The zero-order valence-corrected chi connectivity index (χ0v) is 12.8. The van der Waals surface area contributed by atoms with Crippen molar-refractivity contribution in [2.75, 3.05) is 0 Å². The second-order valence-electron chi connectivity index (χ2n) is 3.87.